The van der Waals surface area contributed by atoms with Crippen molar-refractivity contribution in [1.82, 2.24) is 19.8 Å². The Morgan fingerprint density at radius 1 is 0.897 bits per heavy atom. The van der Waals surface area contributed by atoms with E-state index in [1.807, 2.05) is 6.07 Å². The largest absolute Gasteiger partial charge is 0.342 e. The van der Waals surface area contributed by atoms with Gasteiger partial charge in [0.1, 0.15) is 5.82 Å². The fourth-order valence-corrected chi connectivity index (χ4v) is 4.45. The van der Waals surface area contributed by atoms with Crippen LogP contribution in [0.1, 0.15) is 36.8 Å². The molecule has 0 radical (unpaired) electrons. The van der Waals surface area contributed by atoms with E-state index in [4.69, 9.17) is 4.98 Å². The van der Waals surface area contributed by atoms with Crippen LogP contribution in [-0.2, 0) is 6.54 Å². The quantitative estimate of drug-likeness (QED) is 0.652. The molecule has 0 aliphatic carbocycles. The molecule has 1 fully saturated rings. The number of aromatic nitrogens is 2. The second-order valence-electron chi connectivity index (χ2n) is 8.45. The number of nitrogens with zero attached hydrogens (tertiary/aromatic N) is 3. The lowest BCUT2D eigenvalue weighted by Gasteiger charge is -2.40. The molecule has 1 aromatic heterocycles. The molecule has 1 saturated heterocycles. The van der Waals surface area contributed by atoms with Crippen LogP contribution in [-0.4, -0.2) is 45.9 Å². The van der Waals surface area contributed by atoms with Crippen molar-refractivity contribution < 1.29 is 0 Å². The van der Waals surface area contributed by atoms with Gasteiger partial charge in [-0.15, -0.1) is 0 Å². The lowest BCUT2D eigenvalue weighted by Crippen LogP contribution is -2.48. The molecule has 3 aromatic rings. The van der Waals surface area contributed by atoms with Gasteiger partial charge in [0.2, 0.25) is 0 Å². The van der Waals surface area contributed by atoms with Crippen molar-refractivity contribution in [2.75, 3.05) is 26.2 Å². The van der Waals surface area contributed by atoms with Crippen molar-refractivity contribution in [1.29, 1.82) is 0 Å². The van der Waals surface area contributed by atoms with Crippen molar-refractivity contribution >= 4 is 0 Å². The van der Waals surface area contributed by atoms with Gasteiger partial charge in [-0.25, -0.2) is 4.98 Å². The first kappa shape index (κ1) is 19.9. The Hall–Kier alpha value is -2.43. The number of H-pyrrole nitrogens is 1. The highest BCUT2D eigenvalue weighted by Crippen LogP contribution is 2.32. The summed E-state index contributed by atoms with van der Waals surface area (Å²) in [6.45, 7) is 12.2. The van der Waals surface area contributed by atoms with Crippen LogP contribution in [0.4, 0.5) is 0 Å². The van der Waals surface area contributed by atoms with Crippen molar-refractivity contribution in [2.24, 2.45) is 5.92 Å². The fourth-order valence-electron chi connectivity index (χ4n) is 4.45. The molecule has 0 amide bonds. The molecule has 4 nitrogen and oxygen atoms in total. The van der Waals surface area contributed by atoms with Crippen LogP contribution in [0, 0.1) is 12.8 Å². The number of piperazine rings is 1. The summed E-state index contributed by atoms with van der Waals surface area (Å²) in [4.78, 5) is 13.8. The average Bonchev–Trinajstić information content (AvgIpc) is 3.12. The Labute approximate surface area is 174 Å². The molecule has 4 rings (SSSR count). The average molecular weight is 389 g/mol. The first-order chi connectivity index (χ1) is 14.1. The van der Waals surface area contributed by atoms with Gasteiger partial charge < -0.3 is 4.98 Å². The van der Waals surface area contributed by atoms with Gasteiger partial charge in [-0.1, -0.05) is 74.5 Å². The molecule has 0 saturated carbocycles. The van der Waals surface area contributed by atoms with Crippen molar-refractivity contribution in [3.05, 3.63) is 77.6 Å². The zero-order chi connectivity index (χ0) is 20.2. The van der Waals surface area contributed by atoms with Gasteiger partial charge in [0, 0.05) is 44.0 Å². The monoisotopic (exact) mass is 388 g/mol. The summed E-state index contributed by atoms with van der Waals surface area (Å²) in [6.07, 6.45) is 0. The van der Waals surface area contributed by atoms with Gasteiger partial charge in [0.15, 0.2) is 0 Å². The summed E-state index contributed by atoms with van der Waals surface area (Å²) >= 11 is 0. The normalized spacial score (nSPS) is 17.0. The highest BCUT2D eigenvalue weighted by Gasteiger charge is 2.30. The lowest BCUT2D eigenvalue weighted by molar-refractivity contribution is 0.0704. The molecule has 1 aliphatic rings. The first-order valence-corrected chi connectivity index (χ1v) is 10.7. The van der Waals surface area contributed by atoms with Crippen LogP contribution < -0.4 is 0 Å². The molecule has 1 atom stereocenters. The third-order valence-corrected chi connectivity index (χ3v) is 5.93. The van der Waals surface area contributed by atoms with Crippen LogP contribution in [0.15, 0.2) is 60.7 Å². The predicted molar refractivity (Wildman–Crippen MR) is 120 cm³/mol. The Kier molecular flexibility index (Phi) is 6.12. The van der Waals surface area contributed by atoms with E-state index in [0.717, 1.165) is 44.1 Å². The van der Waals surface area contributed by atoms with E-state index < -0.39 is 0 Å². The summed E-state index contributed by atoms with van der Waals surface area (Å²) in [5.74, 6) is 1.49. The second kappa shape index (κ2) is 8.93. The summed E-state index contributed by atoms with van der Waals surface area (Å²) in [5, 5.41) is 0. The zero-order valence-corrected chi connectivity index (χ0v) is 17.8. The number of rotatable bonds is 6. The van der Waals surface area contributed by atoms with Gasteiger partial charge >= 0.3 is 0 Å². The number of hydrogen-bond acceptors (Lipinski definition) is 3. The lowest BCUT2D eigenvalue weighted by atomic mass is 9.97. The van der Waals surface area contributed by atoms with E-state index in [-0.39, 0.29) is 0 Å². The van der Waals surface area contributed by atoms with E-state index in [9.17, 15) is 0 Å². The molecule has 0 bridgehead atoms. The summed E-state index contributed by atoms with van der Waals surface area (Å²) in [6, 6.07) is 21.6. The van der Waals surface area contributed by atoms with Gasteiger partial charge in [0.25, 0.3) is 0 Å². The Morgan fingerprint density at radius 2 is 1.52 bits per heavy atom. The van der Waals surface area contributed by atoms with Gasteiger partial charge in [-0.3, -0.25) is 9.80 Å². The molecule has 1 aliphatic heterocycles. The molecule has 0 spiro atoms. The number of imidazole rings is 1. The molecule has 4 heteroatoms. The molecular weight excluding hydrogens is 356 g/mol. The number of aromatic amines is 1. The molecule has 1 N–H and O–H groups in total. The molecule has 29 heavy (non-hydrogen) atoms. The van der Waals surface area contributed by atoms with Crippen LogP contribution in [0.5, 0.6) is 0 Å². The minimum atomic E-state index is 0.350. The molecule has 152 valence electrons. The van der Waals surface area contributed by atoms with Crippen molar-refractivity contribution in [3.63, 3.8) is 0 Å². The second-order valence-corrected chi connectivity index (χ2v) is 8.45. The maximum absolute atomic E-state index is 5.05. The van der Waals surface area contributed by atoms with Gasteiger partial charge in [-0.2, -0.15) is 0 Å². The van der Waals surface area contributed by atoms with Crippen molar-refractivity contribution in [2.45, 2.75) is 33.4 Å². The number of aryl methyl sites for hydroxylation is 1. The predicted octanol–water partition coefficient (Wildman–Crippen LogP) is 4.90. The van der Waals surface area contributed by atoms with E-state index in [0.29, 0.717) is 12.0 Å². The Morgan fingerprint density at radius 3 is 2.14 bits per heavy atom. The van der Waals surface area contributed by atoms with E-state index in [2.05, 4.69) is 90.2 Å². The topological polar surface area (TPSA) is 35.2 Å². The van der Waals surface area contributed by atoms with Crippen molar-refractivity contribution in [3.8, 4) is 11.4 Å². The molecule has 2 aromatic carbocycles. The summed E-state index contributed by atoms with van der Waals surface area (Å²) in [7, 11) is 0. The Balaban J connectivity index is 1.47. The molecule has 2 heterocycles. The highest BCUT2D eigenvalue weighted by molar-refractivity contribution is 5.55. The number of benzene rings is 2. The minimum Gasteiger partial charge on any atom is -0.342 e. The van der Waals surface area contributed by atoms with Gasteiger partial charge in [0.05, 0.1) is 11.7 Å². The number of hydrogen-bond donors (Lipinski definition) is 1. The molecular formula is C25H32N4. The van der Waals surface area contributed by atoms with Crippen LogP contribution in [0.25, 0.3) is 11.4 Å². The van der Waals surface area contributed by atoms with Crippen LogP contribution in [0.2, 0.25) is 0 Å². The van der Waals surface area contributed by atoms with E-state index in [1.165, 1.54) is 17.0 Å². The zero-order valence-electron chi connectivity index (χ0n) is 17.8. The smallest absolute Gasteiger partial charge is 0.137 e. The van der Waals surface area contributed by atoms with Crippen LogP contribution in [0.3, 0.4) is 0 Å². The summed E-state index contributed by atoms with van der Waals surface area (Å²) < 4.78 is 0. The van der Waals surface area contributed by atoms with Crippen LogP contribution >= 0.6 is 0 Å². The van der Waals surface area contributed by atoms with E-state index >= 15 is 0 Å². The standard InChI is InChI=1S/C25H32N4/c1-19(2)24(23-20(3)26-25(27-23)22-12-8-5-9-13-22)29-16-14-28(15-17-29)18-21-10-6-4-7-11-21/h4-13,19,24H,14-18H2,1-3H3,(H,26,27). The maximum Gasteiger partial charge on any atom is 0.137 e. The highest BCUT2D eigenvalue weighted by atomic mass is 15.3. The molecule has 1 unspecified atom stereocenters. The third kappa shape index (κ3) is 4.60. The fraction of sp³-hybridized carbons (Fsp3) is 0.400. The first-order valence-electron chi connectivity index (χ1n) is 10.7. The third-order valence-electron chi connectivity index (χ3n) is 5.93. The Bertz CT molecular complexity index is 893. The van der Waals surface area contributed by atoms with E-state index in [1.54, 1.807) is 0 Å². The SMILES string of the molecule is Cc1[nH]c(-c2ccccc2)nc1C(C(C)C)N1CCN(Cc2ccccc2)CC1. The number of nitrogens with one attached hydrogen (secondary N) is 1. The minimum absolute atomic E-state index is 0.350. The maximum atomic E-state index is 5.05. The van der Waals surface area contributed by atoms with Gasteiger partial charge in [-0.05, 0) is 18.4 Å². The summed E-state index contributed by atoms with van der Waals surface area (Å²) in [5.41, 5.74) is 4.94.